The Morgan fingerprint density at radius 2 is 1.94 bits per heavy atom. The second kappa shape index (κ2) is 6.17. The lowest BCUT2D eigenvalue weighted by Gasteiger charge is -2.05. The summed E-state index contributed by atoms with van der Waals surface area (Å²) in [7, 11) is 1.87. The maximum absolute atomic E-state index is 11.5. The summed E-state index contributed by atoms with van der Waals surface area (Å²) in [6.45, 7) is 4.60. The van der Waals surface area contributed by atoms with Gasteiger partial charge in [-0.3, -0.25) is 10.1 Å². The Labute approximate surface area is 95.7 Å². The van der Waals surface area contributed by atoms with Gasteiger partial charge in [-0.25, -0.2) is 9.97 Å². The summed E-state index contributed by atoms with van der Waals surface area (Å²) in [5.74, 6) is 0.354. The molecule has 0 spiro atoms. The normalized spacial score (nSPS) is 10.2. The second-order valence-corrected chi connectivity index (χ2v) is 3.73. The summed E-state index contributed by atoms with van der Waals surface area (Å²) in [6, 6.07) is 1.87. The van der Waals surface area contributed by atoms with E-state index in [2.05, 4.69) is 20.6 Å². The third-order valence-electron chi connectivity index (χ3n) is 2.06. The van der Waals surface area contributed by atoms with Crippen LogP contribution in [0.5, 0.6) is 0 Å². The quantitative estimate of drug-likeness (QED) is 0.730. The summed E-state index contributed by atoms with van der Waals surface area (Å²) in [6.07, 6.45) is 1.30. The number of carbonyl (C=O) groups excluding carboxylic acids is 1. The zero-order valence-electron chi connectivity index (χ0n) is 10.0. The van der Waals surface area contributed by atoms with Gasteiger partial charge in [-0.2, -0.15) is 0 Å². The molecule has 1 aromatic heterocycles. The summed E-state index contributed by atoms with van der Waals surface area (Å²) >= 11 is 0. The molecule has 0 aliphatic heterocycles. The highest BCUT2D eigenvalue weighted by Crippen LogP contribution is 2.04. The van der Waals surface area contributed by atoms with Crippen molar-refractivity contribution >= 4 is 11.9 Å². The Bertz CT molecular complexity index is 345. The Balaban J connectivity index is 2.49. The first-order valence-electron chi connectivity index (χ1n) is 5.38. The molecule has 0 fully saturated rings. The molecule has 1 heterocycles. The number of anilines is 1. The minimum absolute atomic E-state index is 0.0414. The van der Waals surface area contributed by atoms with Crippen molar-refractivity contribution in [3.05, 3.63) is 17.5 Å². The molecule has 0 saturated heterocycles. The Kier molecular flexibility index (Phi) is 4.85. The van der Waals surface area contributed by atoms with Crippen LogP contribution in [-0.2, 0) is 4.79 Å². The minimum Gasteiger partial charge on any atom is -0.320 e. The van der Waals surface area contributed by atoms with Gasteiger partial charge in [-0.1, -0.05) is 0 Å². The van der Waals surface area contributed by atoms with Gasteiger partial charge in [0.25, 0.3) is 0 Å². The lowest BCUT2D eigenvalue weighted by Crippen LogP contribution is -2.17. The highest BCUT2D eigenvalue weighted by Gasteiger charge is 2.04. The van der Waals surface area contributed by atoms with Crippen LogP contribution in [0, 0.1) is 13.8 Å². The van der Waals surface area contributed by atoms with E-state index < -0.39 is 0 Å². The van der Waals surface area contributed by atoms with E-state index in [0.29, 0.717) is 12.4 Å². The number of carbonyl (C=O) groups is 1. The highest BCUT2D eigenvalue weighted by molar-refractivity contribution is 5.88. The van der Waals surface area contributed by atoms with E-state index in [0.717, 1.165) is 24.4 Å². The monoisotopic (exact) mass is 222 g/mol. The fourth-order valence-corrected chi connectivity index (χ4v) is 1.39. The third-order valence-corrected chi connectivity index (χ3v) is 2.06. The van der Waals surface area contributed by atoms with Crippen LogP contribution < -0.4 is 10.6 Å². The number of aryl methyl sites for hydroxylation is 2. The Hall–Kier alpha value is -1.49. The smallest absolute Gasteiger partial charge is 0.229 e. The zero-order valence-corrected chi connectivity index (χ0v) is 10.0. The topological polar surface area (TPSA) is 66.9 Å². The van der Waals surface area contributed by atoms with Gasteiger partial charge in [0.05, 0.1) is 0 Å². The standard InChI is InChI=1S/C11H18N4O/c1-8-7-9(2)14-11(13-8)15-10(16)5-4-6-12-3/h7,12H,4-6H2,1-3H3,(H,13,14,15,16). The van der Waals surface area contributed by atoms with E-state index >= 15 is 0 Å². The van der Waals surface area contributed by atoms with Crippen LogP contribution in [0.25, 0.3) is 0 Å². The maximum Gasteiger partial charge on any atom is 0.229 e. The van der Waals surface area contributed by atoms with Gasteiger partial charge < -0.3 is 5.32 Å². The van der Waals surface area contributed by atoms with E-state index in [1.165, 1.54) is 0 Å². The number of aromatic nitrogens is 2. The molecule has 5 nitrogen and oxygen atoms in total. The van der Waals surface area contributed by atoms with Crippen molar-refractivity contribution in [2.45, 2.75) is 26.7 Å². The van der Waals surface area contributed by atoms with Crippen LogP contribution >= 0.6 is 0 Å². The van der Waals surface area contributed by atoms with Crippen LogP contribution in [-0.4, -0.2) is 29.5 Å². The summed E-state index contributed by atoms with van der Waals surface area (Å²) in [4.78, 5) is 19.8. The van der Waals surface area contributed by atoms with Crippen molar-refractivity contribution in [2.75, 3.05) is 18.9 Å². The lowest BCUT2D eigenvalue weighted by molar-refractivity contribution is -0.116. The van der Waals surface area contributed by atoms with Crippen LogP contribution in [0.2, 0.25) is 0 Å². The van der Waals surface area contributed by atoms with Gasteiger partial charge in [0.1, 0.15) is 0 Å². The minimum atomic E-state index is -0.0414. The fourth-order valence-electron chi connectivity index (χ4n) is 1.39. The Morgan fingerprint density at radius 1 is 1.31 bits per heavy atom. The molecular formula is C11H18N4O. The number of hydrogen-bond donors (Lipinski definition) is 2. The molecule has 0 saturated carbocycles. The summed E-state index contributed by atoms with van der Waals surface area (Å²) < 4.78 is 0. The molecule has 0 aromatic carbocycles. The maximum atomic E-state index is 11.5. The predicted octanol–water partition coefficient (Wildman–Crippen LogP) is 1.03. The van der Waals surface area contributed by atoms with Crippen LogP contribution in [0.15, 0.2) is 6.07 Å². The van der Waals surface area contributed by atoms with Crippen LogP contribution in [0.4, 0.5) is 5.95 Å². The molecule has 0 bridgehead atoms. The van der Waals surface area contributed by atoms with Crippen LogP contribution in [0.3, 0.4) is 0 Å². The average molecular weight is 222 g/mol. The van der Waals surface area contributed by atoms with E-state index in [1.807, 2.05) is 27.0 Å². The van der Waals surface area contributed by atoms with Crippen molar-refractivity contribution in [3.8, 4) is 0 Å². The molecule has 0 atom stereocenters. The summed E-state index contributed by atoms with van der Waals surface area (Å²) in [5, 5.41) is 5.69. The average Bonchev–Trinajstić information content (AvgIpc) is 2.16. The number of nitrogens with zero attached hydrogens (tertiary/aromatic N) is 2. The zero-order chi connectivity index (χ0) is 12.0. The number of hydrogen-bond acceptors (Lipinski definition) is 4. The SMILES string of the molecule is CNCCCC(=O)Nc1nc(C)cc(C)n1. The third kappa shape index (κ3) is 4.35. The molecule has 1 amide bonds. The first kappa shape index (κ1) is 12.6. The molecule has 2 N–H and O–H groups in total. The van der Waals surface area contributed by atoms with E-state index in [4.69, 9.17) is 0 Å². The molecule has 0 unspecified atom stereocenters. The van der Waals surface area contributed by atoms with Gasteiger partial charge in [-0.05, 0) is 39.9 Å². The summed E-state index contributed by atoms with van der Waals surface area (Å²) in [5.41, 5.74) is 1.72. The molecule has 0 aliphatic carbocycles. The molecule has 5 heteroatoms. The molecule has 0 aliphatic rings. The predicted molar refractivity (Wildman–Crippen MR) is 63.3 cm³/mol. The van der Waals surface area contributed by atoms with Gasteiger partial charge in [0, 0.05) is 17.8 Å². The molecule has 1 aromatic rings. The lowest BCUT2D eigenvalue weighted by atomic mass is 10.3. The molecule has 16 heavy (non-hydrogen) atoms. The molecule has 0 radical (unpaired) electrons. The van der Waals surface area contributed by atoms with Crippen LogP contribution in [0.1, 0.15) is 24.2 Å². The van der Waals surface area contributed by atoms with E-state index in [9.17, 15) is 4.79 Å². The number of nitrogens with one attached hydrogen (secondary N) is 2. The molecule has 88 valence electrons. The second-order valence-electron chi connectivity index (χ2n) is 3.73. The van der Waals surface area contributed by atoms with Crippen molar-refractivity contribution in [3.63, 3.8) is 0 Å². The van der Waals surface area contributed by atoms with Gasteiger partial charge in [0.2, 0.25) is 11.9 Å². The first-order valence-corrected chi connectivity index (χ1v) is 5.38. The Morgan fingerprint density at radius 3 is 2.50 bits per heavy atom. The van der Waals surface area contributed by atoms with Crippen molar-refractivity contribution in [1.29, 1.82) is 0 Å². The fraction of sp³-hybridized carbons (Fsp3) is 0.545. The molecule has 1 rings (SSSR count). The number of rotatable bonds is 5. The van der Waals surface area contributed by atoms with Gasteiger partial charge >= 0.3 is 0 Å². The van der Waals surface area contributed by atoms with E-state index in [1.54, 1.807) is 0 Å². The highest BCUT2D eigenvalue weighted by atomic mass is 16.1. The largest absolute Gasteiger partial charge is 0.320 e. The van der Waals surface area contributed by atoms with Crippen molar-refractivity contribution in [1.82, 2.24) is 15.3 Å². The van der Waals surface area contributed by atoms with Gasteiger partial charge in [-0.15, -0.1) is 0 Å². The van der Waals surface area contributed by atoms with Crippen molar-refractivity contribution in [2.24, 2.45) is 0 Å². The van der Waals surface area contributed by atoms with Crippen molar-refractivity contribution < 1.29 is 4.79 Å². The first-order chi connectivity index (χ1) is 7.61. The number of amides is 1. The van der Waals surface area contributed by atoms with Gasteiger partial charge in [0.15, 0.2) is 0 Å². The molecular weight excluding hydrogens is 204 g/mol. The van der Waals surface area contributed by atoms with E-state index in [-0.39, 0.29) is 5.91 Å².